The Morgan fingerprint density at radius 1 is 1.88 bits per heavy atom. The summed E-state index contributed by atoms with van der Waals surface area (Å²) in [6, 6.07) is -0.241. The number of carbonyl (C=O) groups excluding carboxylic acids is 1. The summed E-state index contributed by atoms with van der Waals surface area (Å²) in [7, 11) is 0. The number of quaternary nitrogens is 1. The Labute approximate surface area is 48.8 Å². The number of rotatable bonds is 2. The molecule has 0 heterocycles. The van der Waals surface area contributed by atoms with Crippen LogP contribution in [0.5, 0.6) is 0 Å². The first-order chi connectivity index (χ1) is 3.68. The molecule has 0 saturated heterocycles. The fourth-order valence-electron chi connectivity index (χ4n) is 0.285. The summed E-state index contributed by atoms with van der Waals surface area (Å²) in [6.45, 7) is 3.93. The minimum atomic E-state index is -0.241. The van der Waals surface area contributed by atoms with E-state index in [-0.39, 0.29) is 12.0 Å². The average molecular weight is 118 g/mol. The average Bonchev–Trinajstić information content (AvgIpc) is 1.67. The van der Waals surface area contributed by atoms with Crippen LogP contribution in [0.1, 0.15) is 13.8 Å². The molecule has 0 aromatic heterocycles. The van der Waals surface area contributed by atoms with Gasteiger partial charge < -0.3 is 10.5 Å². The maximum Gasteiger partial charge on any atom is 0.364 e. The Kier molecular flexibility index (Phi) is 3.19. The lowest BCUT2D eigenvalue weighted by molar-refractivity contribution is -0.402. The van der Waals surface area contributed by atoms with E-state index in [0.29, 0.717) is 6.61 Å². The Morgan fingerprint density at radius 2 is 2.38 bits per heavy atom. The first kappa shape index (κ1) is 7.43. The Morgan fingerprint density at radius 3 is 2.50 bits per heavy atom. The summed E-state index contributed by atoms with van der Waals surface area (Å²) < 4.78 is 4.60. The zero-order valence-electron chi connectivity index (χ0n) is 5.31. The zero-order valence-corrected chi connectivity index (χ0v) is 5.31. The van der Waals surface area contributed by atoms with Crippen molar-refractivity contribution in [3.63, 3.8) is 0 Å². The standard InChI is InChI=1S/C5H11NO2/c1-3-8-5(7)4(2)6/h4H,3,6H2,1-2H3/p+1/t4-/m1/s1. The predicted molar refractivity (Wildman–Crippen MR) is 29.0 cm³/mol. The molecule has 3 N–H and O–H groups in total. The molecule has 0 rings (SSSR count). The van der Waals surface area contributed by atoms with Crippen LogP contribution in [-0.2, 0) is 9.53 Å². The number of hydrogen-bond donors (Lipinski definition) is 1. The largest absolute Gasteiger partial charge is 0.462 e. The highest BCUT2D eigenvalue weighted by Crippen LogP contribution is 1.78. The van der Waals surface area contributed by atoms with Gasteiger partial charge in [0.2, 0.25) is 0 Å². The molecule has 0 radical (unpaired) electrons. The van der Waals surface area contributed by atoms with Crippen LogP contribution >= 0.6 is 0 Å². The third-order valence-electron chi connectivity index (χ3n) is 0.689. The molecule has 0 bridgehead atoms. The fraction of sp³-hybridized carbons (Fsp3) is 0.800. The maximum absolute atomic E-state index is 10.5. The molecule has 3 heteroatoms. The summed E-state index contributed by atoms with van der Waals surface area (Å²) in [5.41, 5.74) is 3.48. The van der Waals surface area contributed by atoms with Crippen molar-refractivity contribution in [1.82, 2.24) is 0 Å². The smallest absolute Gasteiger partial charge is 0.364 e. The third-order valence-corrected chi connectivity index (χ3v) is 0.689. The van der Waals surface area contributed by atoms with Crippen molar-refractivity contribution in [2.45, 2.75) is 19.9 Å². The topological polar surface area (TPSA) is 53.9 Å². The van der Waals surface area contributed by atoms with Gasteiger partial charge in [-0.25, -0.2) is 4.79 Å². The van der Waals surface area contributed by atoms with E-state index in [1.54, 1.807) is 13.8 Å². The molecular weight excluding hydrogens is 106 g/mol. The monoisotopic (exact) mass is 118 g/mol. The van der Waals surface area contributed by atoms with Gasteiger partial charge in [0.25, 0.3) is 0 Å². The van der Waals surface area contributed by atoms with Crippen LogP contribution in [0.25, 0.3) is 0 Å². The predicted octanol–water partition coefficient (Wildman–Crippen LogP) is -0.820. The minimum absolute atomic E-state index is 0.229. The molecule has 1 atom stereocenters. The maximum atomic E-state index is 10.5. The first-order valence-electron chi connectivity index (χ1n) is 2.68. The van der Waals surface area contributed by atoms with Gasteiger partial charge in [-0.3, -0.25) is 0 Å². The highest BCUT2D eigenvalue weighted by atomic mass is 16.5. The van der Waals surface area contributed by atoms with Crippen LogP contribution in [0.3, 0.4) is 0 Å². The van der Waals surface area contributed by atoms with Gasteiger partial charge in [0.05, 0.1) is 6.61 Å². The highest BCUT2D eigenvalue weighted by molar-refractivity contribution is 5.73. The SMILES string of the molecule is CCOC(=O)[C@@H](C)[NH3+]. The van der Waals surface area contributed by atoms with E-state index in [9.17, 15) is 4.79 Å². The van der Waals surface area contributed by atoms with Gasteiger partial charge in [-0.1, -0.05) is 0 Å². The molecule has 0 unspecified atom stereocenters. The molecule has 0 aromatic carbocycles. The van der Waals surface area contributed by atoms with E-state index < -0.39 is 0 Å². The van der Waals surface area contributed by atoms with Crippen molar-refractivity contribution in [2.75, 3.05) is 6.61 Å². The first-order valence-corrected chi connectivity index (χ1v) is 2.68. The summed E-state index contributed by atoms with van der Waals surface area (Å²) in [4.78, 5) is 10.5. The van der Waals surface area contributed by atoms with E-state index in [4.69, 9.17) is 0 Å². The fourth-order valence-corrected chi connectivity index (χ4v) is 0.285. The van der Waals surface area contributed by atoms with Crippen LogP contribution in [0.2, 0.25) is 0 Å². The van der Waals surface area contributed by atoms with Gasteiger partial charge in [0.1, 0.15) is 0 Å². The van der Waals surface area contributed by atoms with Crippen LogP contribution in [-0.4, -0.2) is 18.6 Å². The molecule has 48 valence electrons. The number of ether oxygens (including phenoxy) is 1. The molecule has 0 spiro atoms. The van der Waals surface area contributed by atoms with Gasteiger partial charge in [0, 0.05) is 0 Å². The second-order valence-electron chi connectivity index (χ2n) is 1.65. The Balaban J connectivity index is 3.33. The van der Waals surface area contributed by atoms with Gasteiger partial charge >= 0.3 is 5.97 Å². The normalized spacial score (nSPS) is 12.9. The van der Waals surface area contributed by atoms with Crippen molar-refractivity contribution < 1.29 is 15.3 Å². The lowest BCUT2D eigenvalue weighted by atomic mass is 10.4. The molecule has 0 aliphatic heterocycles. The van der Waals surface area contributed by atoms with E-state index in [1.807, 2.05) is 0 Å². The third kappa shape index (κ3) is 2.58. The quantitative estimate of drug-likeness (QED) is 0.482. The molecule has 0 aromatic rings. The molecule has 3 nitrogen and oxygen atoms in total. The summed E-state index contributed by atoms with van der Waals surface area (Å²) >= 11 is 0. The second-order valence-corrected chi connectivity index (χ2v) is 1.65. The van der Waals surface area contributed by atoms with E-state index in [1.165, 1.54) is 0 Å². The molecule has 0 saturated carbocycles. The van der Waals surface area contributed by atoms with Gasteiger partial charge in [-0.15, -0.1) is 0 Å². The van der Waals surface area contributed by atoms with Crippen LogP contribution in [0.15, 0.2) is 0 Å². The highest BCUT2D eigenvalue weighted by Gasteiger charge is 2.09. The van der Waals surface area contributed by atoms with Gasteiger partial charge in [0.15, 0.2) is 6.04 Å². The lowest BCUT2D eigenvalue weighted by Gasteiger charge is -1.99. The van der Waals surface area contributed by atoms with E-state index >= 15 is 0 Å². The summed E-state index contributed by atoms with van der Waals surface area (Å²) in [5, 5.41) is 0. The van der Waals surface area contributed by atoms with Crippen molar-refractivity contribution in [3.05, 3.63) is 0 Å². The minimum Gasteiger partial charge on any atom is -0.462 e. The van der Waals surface area contributed by atoms with Gasteiger partial charge in [-0.05, 0) is 13.8 Å². The molecule has 0 fully saturated rings. The van der Waals surface area contributed by atoms with Crippen molar-refractivity contribution in [2.24, 2.45) is 0 Å². The number of hydrogen-bond acceptors (Lipinski definition) is 2. The lowest BCUT2D eigenvalue weighted by Crippen LogP contribution is -2.63. The Hall–Kier alpha value is -0.570. The molecule has 0 aliphatic carbocycles. The van der Waals surface area contributed by atoms with Crippen LogP contribution in [0.4, 0.5) is 0 Å². The van der Waals surface area contributed by atoms with Crippen molar-refractivity contribution in [1.29, 1.82) is 0 Å². The molecule has 8 heavy (non-hydrogen) atoms. The number of esters is 1. The molecule has 0 amide bonds. The second kappa shape index (κ2) is 3.43. The molecular formula is C5H12NO2+. The Bertz CT molecular complexity index is 80.5. The van der Waals surface area contributed by atoms with Crippen molar-refractivity contribution in [3.8, 4) is 0 Å². The van der Waals surface area contributed by atoms with E-state index in [2.05, 4.69) is 10.5 Å². The van der Waals surface area contributed by atoms with E-state index in [0.717, 1.165) is 0 Å². The molecule has 0 aliphatic rings. The van der Waals surface area contributed by atoms with Crippen molar-refractivity contribution >= 4 is 5.97 Å². The summed E-state index contributed by atoms with van der Waals surface area (Å²) in [6.07, 6.45) is 0. The zero-order chi connectivity index (χ0) is 6.57. The van der Waals surface area contributed by atoms with Gasteiger partial charge in [-0.2, -0.15) is 0 Å². The summed E-state index contributed by atoms with van der Waals surface area (Å²) in [5.74, 6) is -0.229. The van der Waals surface area contributed by atoms with Crippen LogP contribution in [0, 0.1) is 0 Å². The van der Waals surface area contributed by atoms with Crippen LogP contribution < -0.4 is 5.73 Å². The number of carbonyl (C=O) groups is 1.